The van der Waals surface area contributed by atoms with Gasteiger partial charge >= 0.3 is 6.18 Å². The van der Waals surface area contributed by atoms with Gasteiger partial charge in [-0.25, -0.2) is 4.98 Å². The molecule has 0 aliphatic carbocycles. The van der Waals surface area contributed by atoms with Crippen molar-refractivity contribution in [2.75, 3.05) is 17.2 Å². The SMILES string of the molecule is CCNc1cc(C(F)(F)F)cc(NCc2ccno2)n1. The van der Waals surface area contributed by atoms with Crippen molar-refractivity contribution in [1.82, 2.24) is 10.1 Å². The molecular weight excluding hydrogens is 273 g/mol. The zero-order valence-electron chi connectivity index (χ0n) is 10.7. The van der Waals surface area contributed by atoms with Crippen LogP contribution in [0, 0.1) is 0 Å². The fraction of sp³-hybridized carbons (Fsp3) is 0.333. The first kappa shape index (κ1) is 14.2. The number of alkyl halides is 3. The van der Waals surface area contributed by atoms with Crippen LogP contribution >= 0.6 is 0 Å². The number of hydrogen-bond donors (Lipinski definition) is 2. The van der Waals surface area contributed by atoms with E-state index in [0.717, 1.165) is 12.1 Å². The Labute approximate surface area is 113 Å². The van der Waals surface area contributed by atoms with Gasteiger partial charge in [0.2, 0.25) is 0 Å². The van der Waals surface area contributed by atoms with E-state index in [1.54, 1.807) is 13.0 Å². The monoisotopic (exact) mass is 286 g/mol. The molecule has 0 aromatic carbocycles. The first-order valence-corrected chi connectivity index (χ1v) is 5.95. The first-order chi connectivity index (χ1) is 9.49. The Morgan fingerprint density at radius 2 is 1.90 bits per heavy atom. The van der Waals surface area contributed by atoms with Crippen LogP contribution in [0.4, 0.5) is 24.8 Å². The van der Waals surface area contributed by atoms with E-state index in [1.807, 2.05) is 0 Å². The zero-order valence-corrected chi connectivity index (χ0v) is 10.7. The summed E-state index contributed by atoms with van der Waals surface area (Å²) in [5, 5.41) is 9.05. The zero-order chi connectivity index (χ0) is 14.6. The number of rotatable bonds is 5. The molecule has 0 radical (unpaired) electrons. The van der Waals surface area contributed by atoms with Crippen LogP contribution < -0.4 is 10.6 Å². The van der Waals surface area contributed by atoms with Gasteiger partial charge in [0.05, 0.1) is 18.3 Å². The molecule has 2 rings (SSSR count). The molecular formula is C12H13F3N4O. The highest BCUT2D eigenvalue weighted by atomic mass is 19.4. The van der Waals surface area contributed by atoms with Crippen LogP contribution in [-0.2, 0) is 12.7 Å². The Morgan fingerprint density at radius 3 is 2.45 bits per heavy atom. The van der Waals surface area contributed by atoms with E-state index < -0.39 is 11.7 Å². The Kier molecular flexibility index (Phi) is 4.11. The maximum atomic E-state index is 12.8. The number of anilines is 2. The number of aromatic nitrogens is 2. The van der Waals surface area contributed by atoms with E-state index in [1.165, 1.54) is 6.20 Å². The van der Waals surface area contributed by atoms with E-state index in [4.69, 9.17) is 4.52 Å². The van der Waals surface area contributed by atoms with Crippen LogP contribution in [0.3, 0.4) is 0 Å². The molecule has 0 aliphatic heterocycles. The fourth-order valence-corrected chi connectivity index (χ4v) is 1.57. The van der Waals surface area contributed by atoms with E-state index in [2.05, 4.69) is 20.8 Å². The summed E-state index contributed by atoms with van der Waals surface area (Å²) in [5.41, 5.74) is -0.761. The van der Waals surface area contributed by atoms with Gasteiger partial charge in [0.25, 0.3) is 0 Å². The molecule has 0 unspecified atom stereocenters. The topological polar surface area (TPSA) is 63.0 Å². The van der Waals surface area contributed by atoms with Crippen LogP contribution in [-0.4, -0.2) is 16.7 Å². The van der Waals surface area contributed by atoms with Crippen LogP contribution in [0.5, 0.6) is 0 Å². The molecule has 0 saturated carbocycles. The summed E-state index contributed by atoms with van der Waals surface area (Å²) in [6, 6.07) is 3.55. The van der Waals surface area contributed by atoms with Crippen molar-refractivity contribution in [3.05, 3.63) is 35.7 Å². The number of nitrogens with one attached hydrogen (secondary N) is 2. The third kappa shape index (κ3) is 3.62. The van der Waals surface area contributed by atoms with Crippen molar-refractivity contribution in [3.8, 4) is 0 Å². The molecule has 0 fully saturated rings. The quantitative estimate of drug-likeness (QED) is 0.884. The second-order valence-corrected chi connectivity index (χ2v) is 3.99. The lowest BCUT2D eigenvalue weighted by molar-refractivity contribution is -0.137. The van der Waals surface area contributed by atoms with Gasteiger partial charge in [-0.2, -0.15) is 13.2 Å². The van der Waals surface area contributed by atoms with Crippen molar-refractivity contribution in [3.63, 3.8) is 0 Å². The highest BCUT2D eigenvalue weighted by Gasteiger charge is 2.31. The standard InChI is InChI=1S/C12H13F3N4O/c1-2-16-10-5-8(12(13,14)15)6-11(19-10)17-7-9-3-4-18-20-9/h3-6H,2,7H2,1H3,(H2,16,17,19). The highest BCUT2D eigenvalue weighted by molar-refractivity contribution is 5.49. The first-order valence-electron chi connectivity index (χ1n) is 5.95. The van der Waals surface area contributed by atoms with Crippen molar-refractivity contribution in [2.45, 2.75) is 19.6 Å². The molecule has 108 valence electrons. The number of nitrogens with zero attached hydrogens (tertiary/aromatic N) is 2. The molecule has 2 aromatic rings. The molecule has 2 N–H and O–H groups in total. The number of pyridine rings is 1. The molecule has 0 aliphatic rings. The van der Waals surface area contributed by atoms with E-state index in [-0.39, 0.29) is 18.2 Å². The van der Waals surface area contributed by atoms with Crippen LogP contribution in [0.25, 0.3) is 0 Å². The second kappa shape index (κ2) is 5.81. The van der Waals surface area contributed by atoms with Crippen LogP contribution in [0.2, 0.25) is 0 Å². The lowest BCUT2D eigenvalue weighted by Crippen LogP contribution is -2.10. The van der Waals surface area contributed by atoms with Gasteiger partial charge in [0.1, 0.15) is 11.6 Å². The summed E-state index contributed by atoms with van der Waals surface area (Å²) in [4.78, 5) is 4.05. The largest absolute Gasteiger partial charge is 0.416 e. The van der Waals surface area contributed by atoms with Gasteiger partial charge in [-0.3, -0.25) is 0 Å². The lowest BCUT2D eigenvalue weighted by atomic mass is 10.2. The van der Waals surface area contributed by atoms with Gasteiger partial charge in [-0.15, -0.1) is 0 Å². The number of hydrogen-bond acceptors (Lipinski definition) is 5. The molecule has 2 heterocycles. The summed E-state index contributed by atoms with van der Waals surface area (Å²) in [6.07, 6.45) is -2.96. The molecule has 0 bridgehead atoms. The Bertz CT molecular complexity index is 554. The second-order valence-electron chi connectivity index (χ2n) is 3.99. The maximum absolute atomic E-state index is 12.8. The summed E-state index contributed by atoms with van der Waals surface area (Å²) >= 11 is 0. The molecule has 8 heteroatoms. The van der Waals surface area contributed by atoms with E-state index >= 15 is 0 Å². The van der Waals surface area contributed by atoms with E-state index in [9.17, 15) is 13.2 Å². The van der Waals surface area contributed by atoms with Crippen molar-refractivity contribution < 1.29 is 17.7 Å². The highest BCUT2D eigenvalue weighted by Crippen LogP contribution is 2.32. The Balaban J connectivity index is 2.20. The van der Waals surface area contributed by atoms with Crippen LogP contribution in [0.1, 0.15) is 18.2 Å². The van der Waals surface area contributed by atoms with Gasteiger partial charge in [0, 0.05) is 12.6 Å². The minimum atomic E-state index is -4.42. The van der Waals surface area contributed by atoms with Gasteiger partial charge in [0.15, 0.2) is 5.76 Å². The predicted molar refractivity (Wildman–Crippen MR) is 67.2 cm³/mol. The molecule has 0 amide bonds. The predicted octanol–water partition coefficient (Wildman–Crippen LogP) is 3.13. The molecule has 0 spiro atoms. The average molecular weight is 286 g/mol. The normalized spacial score (nSPS) is 11.4. The van der Waals surface area contributed by atoms with Crippen LogP contribution in [0.15, 0.2) is 28.9 Å². The molecule has 2 aromatic heterocycles. The molecule has 0 saturated heterocycles. The third-order valence-electron chi connectivity index (χ3n) is 2.45. The van der Waals surface area contributed by atoms with Crippen molar-refractivity contribution in [2.24, 2.45) is 0 Å². The molecule has 0 atom stereocenters. The summed E-state index contributed by atoms with van der Waals surface area (Å²) in [5.74, 6) is 0.795. The van der Waals surface area contributed by atoms with Gasteiger partial charge in [-0.05, 0) is 19.1 Å². The molecule has 5 nitrogen and oxygen atoms in total. The average Bonchev–Trinajstić information content (AvgIpc) is 2.88. The van der Waals surface area contributed by atoms with Gasteiger partial charge < -0.3 is 15.2 Å². The Hall–Kier alpha value is -2.25. The summed E-state index contributed by atoms with van der Waals surface area (Å²) < 4.78 is 43.2. The minimum absolute atomic E-state index is 0.118. The Morgan fingerprint density at radius 1 is 1.20 bits per heavy atom. The van der Waals surface area contributed by atoms with E-state index in [0.29, 0.717) is 12.3 Å². The van der Waals surface area contributed by atoms with Crippen molar-refractivity contribution in [1.29, 1.82) is 0 Å². The smallest absolute Gasteiger partial charge is 0.370 e. The van der Waals surface area contributed by atoms with Gasteiger partial charge in [-0.1, -0.05) is 5.16 Å². The lowest BCUT2D eigenvalue weighted by Gasteiger charge is -2.12. The molecule has 20 heavy (non-hydrogen) atoms. The third-order valence-corrected chi connectivity index (χ3v) is 2.45. The minimum Gasteiger partial charge on any atom is -0.370 e. The van der Waals surface area contributed by atoms with Crippen molar-refractivity contribution >= 4 is 11.6 Å². The summed E-state index contributed by atoms with van der Waals surface area (Å²) in [6.45, 7) is 2.47. The number of halogens is 3. The maximum Gasteiger partial charge on any atom is 0.416 e. The fourth-order valence-electron chi connectivity index (χ4n) is 1.57. The summed E-state index contributed by atoms with van der Waals surface area (Å²) in [7, 11) is 0.